The molecule has 0 aliphatic heterocycles. The third kappa shape index (κ3) is 2.92. The molecule has 90 valence electrons. The molecule has 1 N–H and O–H groups in total. The van der Waals surface area contributed by atoms with Gasteiger partial charge in [0.2, 0.25) is 5.01 Å². The van der Waals surface area contributed by atoms with Crippen LogP contribution >= 0.6 is 11.3 Å². The van der Waals surface area contributed by atoms with Gasteiger partial charge in [-0.3, -0.25) is 0 Å². The topological polar surface area (TPSA) is 53.4 Å². The lowest BCUT2D eigenvalue weighted by molar-refractivity contribution is -0.135. The van der Waals surface area contributed by atoms with Gasteiger partial charge in [-0.25, -0.2) is 9.78 Å². The first-order valence-electron chi connectivity index (χ1n) is 4.16. The Balaban J connectivity index is 3.18. The van der Waals surface area contributed by atoms with Crippen molar-refractivity contribution in [2.45, 2.75) is 12.7 Å². The first kappa shape index (κ1) is 12.9. The fraction of sp³-hybridized carbons (Fsp3) is 0.500. The summed E-state index contributed by atoms with van der Waals surface area (Å²) >= 11 is 0.154. The Morgan fingerprint density at radius 2 is 2.06 bits per heavy atom. The number of carbonyl (C=O) groups is 1. The van der Waals surface area contributed by atoms with Crippen LogP contribution in [-0.2, 0) is 12.7 Å². The number of halogens is 3. The third-order valence-corrected chi connectivity index (χ3v) is 2.73. The fourth-order valence-electron chi connectivity index (χ4n) is 1.07. The van der Waals surface area contributed by atoms with E-state index in [0.717, 1.165) is 0 Å². The SMILES string of the molecule is CN(C)Cc1nc(C(=O)O)sc1C(F)(F)F. The highest BCUT2D eigenvalue weighted by molar-refractivity contribution is 7.13. The Morgan fingerprint density at radius 3 is 2.44 bits per heavy atom. The molecule has 0 aromatic carbocycles. The zero-order valence-electron chi connectivity index (χ0n) is 8.50. The minimum Gasteiger partial charge on any atom is -0.476 e. The lowest BCUT2D eigenvalue weighted by atomic mass is 10.3. The first-order valence-corrected chi connectivity index (χ1v) is 4.98. The monoisotopic (exact) mass is 254 g/mol. The van der Waals surface area contributed by atoms with Crippen molar-refractivity contribution >= 4 is 17.3 Å². The van der Waals surface area contributed by atoms with Crippen molar-refractivity contribution < 1.29 is 23.1 Å². The van der Waals surface area contributed by atoms with Crippen molar-refractivity contribution in [3.63, 3.8) is 0 Å². The fourth-order valence-corrected chi connectivity index (χ4v) is 1.85. The van der Waals surface area contributed by atoms with Gasteiger partial charge in [-0.1, -0.05) is 0 Å². The molecule has 4 nitrogen and oxygen atoms in total. The van der Waals surface area contributed by atoms with Gasteiger partial charge in [0.05, 0.1) is 5.69 Å². The molecule has 0 fully saturated rings. The largest absolute Gasteiger partial charge is 0.476 e. The van der Waals surface area contributed by atoms with Gasteiger partial charge in [0.25, 0.3) is 0 Å². The van der Waals surface area contributed by atoms with Gasteiger partial charge in [0.1, 0.15) is 4.88 Å². The van der Waals surface area contributed by atoms with Crippen LogP contribution in [0.4, 0.5) is 13.2 Å². The summed E-state index contributed by atoms with van der Waals surface area (Å²) in [5.74, 6) is -1.44. The van der Waals surface area contributed by atoms with E-state index in [4.69, 9.17) is 5.11 Å². The van der Waals surface area contributed by atoms with Crippen molar-refractivity contribution in [3.8, 4) is 0 Å². The van der Waals surface area contributed by atoms with E-state index in [1.165, 1.54) is 4.90 Å². The molecule has 0 aliphatic rings. The van der Waals surface area contributed by atoms with Crippen LogP contribution in [0.25, 0.3) is 0 Å². The molecule has 1 aromatic heterocycles. The normalized spacial score (nSPS) is 12.1. The van der Waals surface area contributed by atoms with E-state index in [9.17, 15) is 18.0 Å². The van der Waals surface area contributed by atoms with Crippen molar-refractivity contribution in [1.82, 2.24) is 9.88 Å². The van der Waals surface area contributed by atoms with Crippen molar-refractivity contribution in [1.29, 1.82) is 0 Å². The quantitative estimate of drug-likeness (QED) is 0.895. The molecular formula is C8H9F3N2O2S. The second-order valence-electron chi connectivity index (χ2n) is 3.34. The average molecular weight is 254 g/mol. The number of alkyl halides is 3. The number of aromatic carboxylic acids is 1. The zero-order chi connectivity index (χ0) is 12.5. The highest BCUT2D eigenvalue weighted by Crippen LogP contribution is 2.36. The number of nitrogens with zero attached hydrogens (tertiary/aromatic N) is 2. The van der Waals surface area contributed by atoms with E-state index >= 15 is 0 Å². The minimum atomic E-state index is -4.56. The lowest BCUT2D eigenvalue weighted by Gasteiger charge is -2.10. The molecule has 0 spiro atoms. The lowest BCUT2D eigenvalue weighted by Crippen LogP contribution is -2.15. The Bertz CT molecular complexity index is 400. The zero-order valence-corrected chi connectivity index (χ0v) is 9.32. The summed E-state index contributed by atoms with van der Waals surface area (Å²) in [6, 6.07) is 0. The smallest absolute Gasteiger partial charge is 0.427 e. The first-order chi connectivity index (χ1) is 7.21. The van der Waals surface area contributed by atoms with Gasteiger partial charge in [0.15, 0.2) is 0 Å². The van der Waals surface area contributed by atoms with Gasteiger partial charge in [-0.15, -0.1) is 11.3 Å². The van der Waals surface area contributed by atoms with E-state index in [2.05, 4.69) is 4.98 Å². The molecule has 0 saturated heterocycles. The molecule has 8 heteroatoms. The number of hydrogen-bond acceptors (Lipinski definition) is 4. The van der Waals surface area contributed by atoms with E-state index in [-0.39, 0.29) is 23.6 Å². The van der Waals surface area contributed by atoms with Crippen LogP contribution in [0.3, 0.4) is 0 Å². The van der Waals surface area contributed by atoms with Crippen molar-refractivity contribution in [3.05, 3.63) is 15.6 Å². The molecule has 0 amide bonds. The van der Waals surface area contributed by atoms with Gasteiger partial charge in [-0.2, -0.15) is 13.2 Å². The third-order valence-electron chi connectivity index (χ3n) is 1.60. The molecule has 0 radical (unpaired) electrons. The molecule has 1 heterocycles. The Hall–Kier alpha value is -1.15. The molecule has 0 atom stereocenters. The minimum absolute atomic E-state index is 0.0430. The summed E-state index contributed by atoms with van der Waals surface area (Å²) in [4.78, 5) is 14.6. The Labute approximate surface area is 93.3 Å². The second kappa shape index (κ2) is 4.38. The van der Waals surface area contributed by atoms with Gasteiger partial charge in [0, 0.05) is 6.54 Å². The van der Waals surface area contributed by atoms with E-state index in [1.807, 2.05) is 0 Å². The molecule has 0 saturated carbocycles. The maximum absolute atomic E-state index is 12.5. The van der Waals surface area contributed by atoms with Crippen LogP contribution in [0.15, 0.2) is 0 Å². The number of carboxylic acids is 1. The van der Waals surface area contributed by atoms with Gasteiger partial charge < -0.3 is 10.0 Å². The molecule has 0 bridgehead atoms. The van der Waals surface area contributed by atoms with Crippen LogP contribution in [0.5, 0.6) is 0 Å². The standard InChI is InChI=1S/C8H9F3N2O2S/c1-13(2)3-4-5(8(9,10)11)16-6(12-4)7(14)15/h3H2,1-2H3,(H,14,15). The summed E-state index contributed by atoms with van der Waals surface area (Å²) in [5.41, 5.74) is -0.250. The predicted molar refractivity (Wildman–Crippen MR) is 51.5 cm³/mol. The average Bonchev–Trinajstić information content (AvgIpc) is 2.45. The summed E-state index contributed by atoms with van der Waals surface area (Å²) in [7, 11) is 3.17. The van der Waals surface area contributed by atoms with Gasteiger partial charge >= 0.3 is 12.1 Å². The van der Waals surface area contributed by atoms with E-state index < -0.39 is 22.0 Å². The van der Waals surface area contributed by atoms with Crippen LogP contribution in [0.1, 0.15) is 20.4 Å². The number of carboxylic acid groups (broad SMARTS) is 1. The Morgan fingerprint density at radius 1 is 1.50 bits per heavy atom. The van der Waals surface area contributed by atoms with Crippen LogP contribution in [0, 0.1) is 0 Å². The summed E-state index contributed by atoms with van der Waals surface area (Å²) in [6.45, 7) is -0.0430. The summed E-state index contributed by atoms with van der Waals surface area (Å²) < 4.78 is 37.6. The van der Waals surface area contributed by atoms with Gasteiger partial charge in [-0.05, 0) is 14.1 Å². The summed E-state index contributed by atoms with van der Waals surface area (Å²) in [5, 5.41) is 8.05. The predicted octanol–water partition coefficient (Wildman–Crippen LogP) is 1.92. The number of aromatic nitrogens is 1. The highest BCUT2D eigenvalue weighted by atomic mass is 32.1. The molecule has 1 rings (SSSR count). The maximum Gasteiger partial charge on any atom is 0.427 e. The van der Waals surface area contributed by atoms with Crippen molar-refractivity contribution in [2.75, 3.05) is 14.1 Å². The number of hydrogen-bond donors (Lipinski definition) is 1. The number of thiazole rings is 1. The highest BCUT2D eigenvalue weighted by Gasteiger charge is 2.37. The van der Waals surface area contributed by atoms with Crippen molar-refractivity contribution in [2.24, 2.45) is 0 Å². The van der Waals surface area contributed by atoms with E-state index in [0.29, 0.717) is 0 Å². The second-order valence-corrected chi connectivity index (χ2v) is 4.33. The maximum atomic E-state index is 12.5. The molecular weight excluding hydrogens is 245 g/mol. The van der Waals surface area contributed by atoms with Crippen LogP contribution < -0.4 is 0 Å². The molecule has 0 aliphatic carbocycles. The van der Waals surface area contributed by atoms with Crippen LogP contribution in [-0.4, -0.2) is 35.1 Å². The van der Waals surface area contributed by atoms with Crippen LogP contribution in [0.2, 0.25) is 0 Å². The molecule has 16 heavy (non-hydrogen) atoms. The Kier molecular flexibility index (Phi) is 3.54. The summed E-state index contributed by atoms with van der Waals surface area (Å²) in [6.07, 6.45) is -4.56. The molecule has 0 unspecified atom stereocenters. The molecule has 1 aromatic rings. The van der Waals surface area contributed by atoms with E-state index in [1.54, 1.807) is 14.1 Å². The number of rotatable bonds is 3.